The Morgan fingerprint density at radius 2 is 1.77 bits per heavy atom. The Hall–Kier alpha value is -4.04. The van der Waals surface area contributed by atoms with Crippen LogP contribution in [-0.4, -0.2) is 39.5 Å². The summed E-state index contributed by atoms with van der Waals surface area (Å²) in [5.74, 6) is 1.66. The zero-order valence-electron chi connectivity index (χ0n) is 23.1. The van der Waals surface area contributed by atoms with Gasteiger partial charge in [0.25, 0.3) is 0 Å². The van der Waals surface area contributed by atoms with Gasteiger partial charge >= 0.3 is 5.97 Å². The summed E-state index contributed by atoms with van der Waals surface area (Å²) in [5, 5.41) is 19.8. The maximum Gasteiger partial charge on any atom is 0.336 e. The van der Waals surface area contributed by atoms with Crippen LogP contribution in [0.5, 0.6) is 5.75 Å². The molecule has 0 radical (unpaired) electrons. The number of carboxylic acid groups (broad SMARTS) is 1. The number of benzene rings is 3. The highest BCUT2D eigenvalue weighted by Gasteiger charge is 2.18. The van der Waals surface area contributed by atoms with Crippen LogP contribution in [0.1, 0.15) is 52.6 Å². The maximum absolute atomic E-state index is 11.9. The number of carbonyl (C=O) groups is 1. The fourth-order valence-corrected chi connectivity index (χ4v) is 5.49. The molecule has 40 heavy (non-hydrogen) atoms. The molecule has 1 N–H and O–H groups in total. The van der Waals surface area contributed by atoms with Crippen molar-refractivity contribution in [2.45, 2.75) is 50.2 Å². The summed E-state index contributed by atoms with van der Waals surface area (Å²) >= 11 is 1.67. The number of aryl methyl sites for hydroxylation is 1. The maximum atomic E-state index is 11.9. The molecule has 4 rings (SSSR count). The van der Waals surface area contributed by atoms with Gasteiger partial charge < -0.3 is 19.3 Å². The van der Waals surface area contributed by atoms with Crippen molar-refractivity contribution < 1.29 is 14.6 Å². The zero-order chi connectivity index (χ0) is 28.3. The highest BCUT2D eigenvalue weighted by atomic mass is 32.2. The summed E-state index contributed by atoms with van der Waals surface area (Å²) < 4.78 is 7.51. The van der Waals surface area contributed by atoms with Crippen LogP contribution in [0.25, 0.3) is 0 Å². The molecular weight excluding hydrogens is 520 g/mol. The largest absolute Gasteiger partial charge is 0.497 e. The third-order valence-electron chi connectivity index (χ3n) is 6.69. The normalized spacial score (nSPS) is 10.8. The lowest BCUT2D eigenvalue weighted by molar-refractivity contribution is 0.0695. The van der Waals surface area contributed by atoms with E-state index in [0.717, 1.165) is 58.6 Å². The number of thioether (sulfide) groups is 1. The molecule has 0 unspecified atom stereocenters. The number of hydrogen-bond donors (Lipinski definition) is 1. The topological polar surface area (TPSA) is 80.5 Å². The first-order valence-corrected chi connectivity index (χ1v) is 14.4. The summed E-state index contributed by atoms with van der Waals surface area (Å²) in [6, 6.07) is 23.5. The molecule has 0 saturated heterocycles. The molecule has 1 aromatic heterocycles. The Balaban J connectivity index is 1.63. The Bertz CT molecular complexity index is 1420. The second-order valence-corrected chi connectivity index (χ2v) is 10.4. The van der Waals surface area contributed by atoms with E-state index in [1.807, 2.05) is 42.5 Å². The lowest BCUT2D eigenvalue weighted by atomic mass is 10.1. The Morgan fingerprint density at radius 1 is 1.05 bits per heavy atom. The average Bonchev–Trinajstić information content (AvgIpc) is 3.36. The molecule has 0 aliphatic rings. The van der Waals surface area contributed by atoms with Gasteiger partial charge in [0.15, 0.2) is 5.16 Å². The van der Waals surface area contributed by atoms with Gasteiger partial charge in [-0.1, -0.05) is 79.7 Å². The van der Waals surface area contributed by atoms with Crippen molar-refractivity contribution in [1.82, 2.24) is 14.8 Å². The molecule has 0 amide bonds. The van der Waals surface area contributed by atoms with Crippen LogP contribution >= 0.6 is 11.8 Å². The van der Waals surface area contributed by atoms with E-state index in [1.165, 1.54) is 5.56 Å². The average molecular weight is 557 g/mol. The van der Waals surface area contributed by atoms with Crippen LogP contribution in [0, 0.1) is 0 Å². The van der Waals surface area contributed by atoms with Crippen LogP contribution < -0.4 is 9.64 Å². The van der Waals surface area contributed by atoms with Crippen molar-refractivity contribution in [3.8, 4) is 5.75 Å². The van der Waals surface area contributed by atoms with Crippen molar-refractivity contribution in [3.05, 3.63) is 114 Å². The minimum atomic E-state index is -0.925. The van der Waals surface area contributed by atoms with Gasteiger partial charge in [0.2, 0.25) is 0 Å². The van der Waals surface area contributed by atoms with Crippen molar-refractivity contribution >= 4 is 23.4 Å². The van der Waals surface area contributed by atoms with E-state index in [2.05, 4.69) is 57.4 Å². The molecule has 0 saturated carbocycles. The number of rotatable bonds is 15. The molecule has 208 valence electrons. The number of methoxy groups -OCH3 is 1. The third-order valence-corrected chi connectivity index (χ3v) is 7.73. The van der Waals surface area contributed by atoms with Crippen molar-refractivity contribution in [3.63, 3.8) is 0 Å². The molecule has 0 atom stereocenters. The number of unbranched alkanes of at least 4 members (excludes halogenated alkanes) is 1. The summed E-state index contributed by atoms with van der Waals surface area (Å²) in [7, 11) is 1.67. The summed E-state index contributed by atoms with van der Waals surface area (Å²) in [4.78, 5) is 14.0. The van der Waals surface area contributed by atoms with Gasteiger partial charge in [-0.3, -0.25) is 0 Å². The Kier molecular flexibility index (Phi) is 10.4. The first-order chi connectivity index (χ1) is 19.5. The first-order valence-electron chi connectivity index (χ1n) is 13.5. The number of aromatic nitrogens is 3. The minimum Gasteiger partial charge on any atom is -0.497 e. The van der Waals surface area contributed by atoms with Crippen LogP contribution in [0.2, 0.25) is 0 Å². The monoisotopic (exact) mass is 556 g/mol. The number of ether oxygens (including phenoxy) is 1. The molecule has 0 fully saturated rings. The van der Waals surface area contributed by atoms with Crippen LogP contribution in [0.3, 0.4) is 0 Å². The van der Waals surface area contributed by atoms with Crippen LogP contribution in [0.15, 0.2) is 90.6 Å². The van der Waals surface area contributed by atoms with E-state index in [9.17, 15) is 9.90 Å². The predicted octanol–water partition coefficient (Wildman–Crippen LogP) is 6.86. The van der Waals surface area contributed by atoms with Crippen LogP contribution in [0.4, 0.5) is 5.69 Å². The standard InChI is InChI=1S/C32H36N4O3S/c1-4-6-15-30-33-34-32(40-23-24-16-18-27(39-3)19-17-24)36(30)22-26-12-8-10-14-29(26)35(20-5-2)21-25-11-7-9-13-28(25)31(37)38/h5,7-14,16-19H,2,4,6,15,20-23H2,1,3H3,(H,37,38). The highest BCUT2D eigenvalue weighted by Crippen LogP contribution is 2.29. The second kappa shape index (κ2) is 14.4. The van der Waals surface area contributed by atoms with Gasteiger partial charge in [-0.15, -0.1) is 16.8 Å². The number of nitrogens with zero attached hydrogens (tertiary/aromatic N) is 4. The fourth-order valence-electron chi connectivity index (χ4n) is 4.57. The van der Waals surface area contributed by atoms with Crippen molar-refractivity contribution in [2.75, 3.05) is 18.6 Å². The molecule has 4 aromatic rings. The number of anilines is 1. The van der Waals surface area contributed by atoms with E-state index in [4.69, 9.17) is 4.74 Å². The molecule has 3 aromatic carbocycles. The van der Waals surface area contributed by atoms with E-state index >= 15 is 0 Å². The summed E-state index contributed by atoms with van der Waals surface area (Å²) in [5.41, 5.74) is 4.40. The number of aromatic carboxylic acids is 1. The lowest BCUT2D eigenvalue weighted by Gasteiger charge is -2.27. The molecule has 0 aliphatic carbocycles. The van der Waals surface area contributed by atoms with Crippen molar-refractivity contribution in [2.24, 2.45) is 0 Å². The number of hydrogen-bond acceptors (Lipinski definition) is 6. The van der Waals surface area contributed by atoms with Gasteiger partial charge in [-0.25, -0.2) is 4.79 Å². The van der Waals surface area contributed by atoms with E-state index in [1.54, 1.807) is 31.0 Å². The zero-order valence-corrected chi connectivity index (χ0v) is 23.9. The van der Waals surface area contributed by atoms with Crippen LogP contribution in [-0.2, 0) is 25.3 Å². The molecular formula is C32H36N4O3S. The molecule has 0 spiro atoms. The Labute approximate surface area is 240 Å². The SMILES string of the molecule is C=CCN(Cc1ccccc1C(=O)O)c1ccccc1Cn1c(CCCC)nnc1SCc1ccc(OC)cc1. The smallest absolute Gasteiger partial charge is 0.336 e. The summed E-state index contributed by atoms with van der Waals surface area (Å²) in [6.07, 6.45) is 4.82. The van der Waals surface area contributed by atoms with Gasteiger partial charge in [-0.05, 0) is 47.4 Å². The lowest BCUT2D eigenvalue weighted by Crippen LogP contribution is -2.25. The third kappa shape index (κ3) is 7.33. The van der Waals surface area contributed by atoms with Crippen molar-refractivity contribution in [1.29, 1.82) is 0 Å². The fraction of sp³-hybridized carbons (Fsp3) is 0.281. The minimum absolute atomic E-state index is 0.312. The quantitative estimate of drug-likeness (QED) is 0.127. The van der Waals surface area contributed by atoms with Gasteiger partial charge in [0.05, 0.1) is 19.2 Å². The first kappa shape index (κ1) is 29.0. The number of carboxylic acids is 1. The summed E-state index contributed by atoms with van der Waals surface area (Å²) in [6.45, 7) is 7.78. The van der Waals surface area contributed by atoms with E-state index in [-0.39, 0.29) is 0 Å². The van der Waals surface area contributed by atoms with E-state index in [0.29, 0.717) is 25.2 Å². The molecule has 8 heteroatoms. The highest BCUT2D eigenvalue weighted by molar-refractivity contribution is 7.98. The van der Waals surface area contributed by atoms with E-state index < -0.39 is 5.97 Å². The van der Waals surface area contributed by atoms with Gasteiger partial charge in [0, 0.05) is 31.0 Å². The molecule has 1 heterocycles. The molecule has 0 bridgehead atoms. The van der Waals surface area contributed by atoms with Gasteiger partial charge in [-0.2, -0.15) is 0 Å². The number of para-hydroxylation sites is 1. The Morgan fingerprint density at radius 3 is 2.48 bits per heavy atom. The molecule has 0 aliphatic heterocycles. The van der Waals surface area contributed by atoms with Gasteiger partial charge in [0.1, 0.15) is 11.6 Å². The predicted molar refractivity (Wildman–Crippen MR) is 161 cm³/mol. The molecule has 7 nitrogen and oxygen atoms in total. The second-order valence-electron chi connectivity index (χ2n) is 9.49.